The van der Waals surface area contributed by atoms with E-state index in [4.69, 9.17) is 15.3 Å². The van der Waals surface area contributed by atoms with Crippen LogP contribution in [0.4, 0.5) is 5.88 Å². The molecule has 0 aliphatic rings. The Morgan fingerprint density at radius 3 is 2.92 bits per heavy atom. The average molecular weight is 184 g/mol. The molecule has 0 bridgehead atoms. The molecule has 0 aliphatic heterocycles. The Morgan fingerprint density at radius 1 is 1.62 bits per heavy atom. The highest BCUT2D eigenvalue weighted by atomic mass is 16.4. The number of furan rings is 1. The van der Waals surface area contributed by atoms with Crippen molar-refractivity contribution in [2.24, 2.45) is 0 Å². The van der Waals surface area contributed by atoms with Gasteiger partial charge in [0.1, 0.15) is 5.76 Å². The molecule has 5 heteroatoms. The van der Waals surface area contributed by atoms with Gasteiger partial charge in [0.05, 0.1) is 13.0 Å². The topological polar surface area (TPSA) is 88.5 Å². The molecule has 1 aromatic rings. The van der Waals surface area contributed by atoms with Gasteiger partial charge in [0, 0.05) is 12.6 Å². The van der Waals surface area contributed by atoms with Crippen molar-refractivity contribution in [2.45, 2.75) is 13.0 Å². The molecule has 72 valence electrons. The number of hydrogen-bond donors (Lipinski definition) is 3. The van der Waals surface area contributed by atoms with E-state index in [1.807, 2.05) is 0 Å². The Labute approximate surface area is 75.5 Å². The summed E-state index contributed by atoms with van der Waals surface area (Å²) in [7, 11) is 0. The second kappa shape index (κ2) is 4.51. The van der Waals surface area contributed by atoms with Crippen LogP contribution in [0, 0.1) is 0 Å². The van der Waals surface area contributed by atoms with Gasteiger partial charge in [-0.05, 0) is 6.07 Å². The van der Waals surface area contributed by atoms with E-state index in [2.05, 4.69) is 5.32 Å². The lowest BCUT2D eigenvalue weighted by atomic mass is 10.4. The van der Waals surface area contributed by atoms with Crippen LogP contribution in [0.5, 0.6) is 0 Å². The molecule has 0 aliphatic carbocycles. The molecular formula is C8H12N2O3. The van der Waals surface area contributed by atoms with Crippen molar-refractivity contribution >= 4 is 11.9 Å². The van der Waals surface area contributed by atoms with Crippen molar-refractivity contribution in [2.75, 3.05) is 12.3 Å². The SMILES string of the molecule is Nc1ccc(CNCCC(=O)O)o1. The minimum Gasteiger partial charge on any atom is -0.481 e. The molecule has 0 saturated heterocycles. The van der Waals surface area contributed by atoms with Crippen molar-refractivity contribution in [1.82, 2.24) is 5.32 Å². The van der Waals surface area contributed by atoms with Crippen molar-refractivity contribution in [3.05, 3.63) is 17.9 Å². The van der Waals surface area contributed by atoms with Crippen LogP contribution in [-0.2, 0) is 11.3 Å². The average Bonchev–Trinajstić information content (AvgIpc) is 2.45. The van der Waals surface area contributed by atoms with Crippen molar-refractivity contribution in [3.8, 4) is 0 Å². The molecule has 13 heavy (non-hydrogen) atoms. The Balaban J connectivity index is 2.16. The van der Waals surface area contributed by atoms with Gasteiger partial charge < -0.3 is 20.6 Å². The summed E-state index contributed by atoms with van der Waals surface area (Å²) in [5, 5.41) is 11.2. The fourth-order valence-electron chi connectivity index (χ4n) is 0.896. The van der Waals surface area contributed by atoms with Crippen molar-refractivity contribution in [1.29, 1.82) is 0 Å². The quantitative estimate of drug-likeness (QED) is 0.577. The first-order valence-electron chi connectivity index (χ1n) is 3.95. The summed E-state index contributed by atoms with van der Waals surface area (Å²) in [4.78, 5) is 10.1. The summed E-state index contributed by atoms with van der Waals surface area (Å²) in [6.45, 7) is 0.931. The molecule has 0 spiro atoms. The first-order valence-corrected chi connectivity index (χ1v) is 3.95. The van der Waals surface area contributed by atoms with Crippen LogP contribution < -0.4 is 11.1 Å². The molecule has 0 radical (unpaired) electrons. The van der Waals surface area contributed by atoms with Gasteiger partial charge in [0.25, 0.3) is 0 Å². The lowest BCUT2D eigenvalue weighted by molar-refractivity contribution is -0.136. The van der Waals surface area contributed by atoms with Crippen LogP contribution in [0.2, 0.25) is 0 Å². The normalized spacial score (nSPS) is 10.2. The van der Waals surface area contributed by atoms with E-state index in [-0.39, 0.29) is 6.42 Å². The van der Waals surface area contributed by atoms with Gasteiger partial charge in [-0.25, -0.2) is 0 Å². The standard InChI is InChI=1S/C8H12N2O3/c9-7-2-1-6(13-7)5-10-4-3-8(11)12/h1-2,10H,3-5,9H2,(H,11,12). The van der Waals surface area contributed by atoms with E-state index in [0.29, 0.717) is 24.7 Å². The second-order valence-corrected chi connectivity index (χ2v) is 2.62. The van der Waals surface area contributed by atoms with Crippen LogP contribution in [0.3, 0.4) is 0 Å². The zero-order valence-electron chi connectivity index (χ0n) is 7.12. The Kier molecular flexibility index (Phi) is 3.33. The van der Waals surface area contributed by atoms with E-state index in [1.54, 1.807) is 12.1 Å². The number of carboxylic acids is 1. The van der Waals surface area contributed by atoms with Crippen LogP contribution in [-0.4, -0.2) is 17.6 Å². The Bertz CT molecular complexity index is 283. The second-order valence-electron chi connectivity index (χ2n) is 2.62. The fraction of sp³-hybridized carbons (Fsp3) is 0.375. The Hall–Kier alpha value is -1.49. The first-order chi connectivity index (χ1) is 6.18. The molecule has 0 atom stereocenters. The number of nitrogens with one attached hydrogen (secondary N) is 1. The highest BCUT2D eigenvalue weighted by Gasteiger charge is 1.99. The lowest BCUT2D eigenvalue weighted by Gasteiger charge is -1.98. The van der Waals surface area contributed by atoms with E-state index in [0.717, 1.165) is 0 Å². The summed E-state index contributed by atoms with van der Waals surface area (Å²) in [5.41, 5.74) is 5.34. The maximum Gasteiger partial charge on any atom is 0.304 e. The van der Waals surface area contributed by atoms with Crippen molar-refractivity contribution < 1.29 is 14.3 Å². The lowest BCUT2D eigenvalue weighted by Crippen LogP contribution is -2.17. The molecule has 1 rings (SSSR count). The largest absolute Gasteiger partial charge is 0.481 e. The first kappa shape index (κ1) is 9.60. The maximum atomic E-state index is 10.1. The van der Waals surface area contributed by atoms with Gasteiger partial charge in [-0.1, -0.05) is 0 Å². The van der Waals surface area contributed by atoms with E-state index >= 15 is 0 Å². The smallest absolute Gasteiger partial charge is 0.304 e. The van der Waals surface area contributed by atoms with Gasteiger partial charge in [-0.3, -0.25) is 4.79 Å². The Morgan fingerprint density at radius 2 is 2.38 bits per heavy atom. The monoisotopic (exact) mass is 184 g/mol. The minimum absolute atomic E-state index is 0.107. The van der Waals surface area contributed by atoms with Gasteiger partial charge in [-0.2, -0.15) is 0 Å². The highest BCUT2D eigenvalue weighted by Crippen LogP contribution is 2.07. The summed E-state index contributed by atoms with van der Waals surface area (Å²) in [6, 6.07) is 3.41. The fourth-order valence-corrected chi connectivity index (χ4v) is 0.896. The number of rotatable bonds is 5. The molecule has 0 fully saturated rings. The molecular weight excluding hydrogens is 172 g/mol. The molecule has 0 amide bonds. The number of nitrogen functional groups attached to an aromatic ring is 1. The molecule has 1 aromatic heterocycles. The van der Waals surface area contributed by atoms with Crippen LogP contribution in [0.15, 0.2) is 16.5 Å². The third kappa shape index (κ3) is 3.62. The number of anilines is 1. The third-order valence-electron chi connectivity index (χ3n) is 1.50. The van der Waals surface area contributed by atoms with Gasteiger partial charge in [0.2, 0.25) is 0 Å². The van der Waals surface area contributed by atoms with E-state index < -0.39 is 5.97 Å². The molecule has 0 saturated carbocycles. The van der Waals surface area contributed by atoms with Crippen LogP contribution in [0.25, 0.3) is 0 Å². The minimum atomic E-state index is -0.813. The van der Waals surface area contributed by atoms with Gasteiger partial charge in [-0.15, -0.1) is 0 Å². The van der Waals surface area contributed by atoms with E-state index in [1.165, 1.54) is 0 Å². The number of nitrogens with two attached hydrogens (primary N) is 1. The molecule has 1 heterocycles. The summed E-state index contributed by atoms with van der Waals surface area (Å²) < 4.78 is 5.06. The summed E-state index contributed by atoms with van der Waals surface area (Å²) >= 11 is 0. The zero-order chi connectivity index (χ0) is 9.68. The van der Waals surface area contributed by atoms with Gasteiger partial charge >= 0.3 is 5.97 Å². The third-order valence-corrected chi connectivity index (χ3v) is 1.50. The number of carboxylic acid groups (broad SMARTS) is 1. The highest BCUT2D eigenvalue weighted by molar-refractivity contribution is 5.66. The summed E-state index contributed by atoms with van der Waals surface area (Å²) in [6.07, 6.45) is 0.107. The predicted octanol–water partition coefficient (Wildman–Crippen LogP) is 0.426. The number of hydrogen-bond acceptors (Lipinski definition) is 4. The van der Waals surface area contributed by atoms with E-state index in [9.17, 15) is 4.79 Å². The van der Waals surface area contributed by atoms with Crippen LogP contribution >= 0.6 is 0 Å². The zero-order valence-corrected chi connectivity index (χ0v) is 7.12. The van der Waals surface area contributed by atoms with Gasteiger partial charge in [0.15, 0.2) is 5.88 Å². The maximum absolute atomic E-state index is 10.1. The van der Waals surface area contributed by atoms with Crippen LogP contribution in [0.1, 0.15) is 12.2 Å². The number of carbonyl (C=O) groups is 1. The van der Waals surface area contributed by atoms with Crippen molar-refractivity contribution in [3.63, 3.8) is 0 Å². The predicted molar refractivity (Wildman–Crippen MR) is 47.1 cm³/mol. The molecule has 5 nitrogen and oxygen atoms in total. The molecule has 0 aromatic carbocycles. The molecule has 0 unspecified atom stereocenters. The molecule has 4 N–H and O–H groups in total. The summed E-state index contributed by atoms with van der Waals surface area (Å²) in [5.74, 6) is 0.268. The number of aliphatic carboxylic acids is 1.